The van der Waals surface area contributed by atoms with Gasteiger partial charge in [0.15, 0.2) is 0 Å². The highest BCUT2D eigenvalue weighted by atomic mass is 79.9. The number of halogens is 2. The molecule has 4 heteroatoms. The minimum absolute atomic E-state index is 0.0608. The summed E-state index contributed by atoms with van der Waals surface area (Å²) in [7, 11) is 0. The second-order valence-electron chi connectivity index (χ2n) is 4.75. The number of amides is 1. The third kappa shape index (κ3) is 4.62. The predicted octanol–water partition coefficient (Wildman–Crippen LogP) is 4.66. The van der Waals surface area contributed by atoms with Gasteiger partial charge in [-0.05, 0) is 53.4 Å². The number of benzene rings is 1. The molecule has 1 aromatic carbocycles. The van der Waals surface area contributed by atoms with Gasteiger partial charge in [0.1, 0.15) is 0 Å². The van der Waals surface area contributed by atoms with Crippen molar-refractivity contribution in [1.29, 1.82) is 0 Å². The van der Waals surface area contributed by atoms with Crippen LogP contribution in [0.15, 0.2) is 22.7 Å². The molecule has 0 fully saturated rings. The maximum Gasteiger partial charge on any atom is 0.252 e. The average Bonchev–Trinajstić information content (AvgIpc) is 2.28. The molecule has 1 amide bonds. The van der Waals surface area contributed by atoms with E-state index in [9.17, 15) is 4.79 Å². The molecule has 0 aliphatic rings. The lowest BCUT2D eigenvalue weighted by molar-refractivity contribution is 0.0934. The summed E-state index contributed by atoms with van der Waals surface area (Å²) >= 11 is 9.21. The van der Waals surface area contributed by atoms with Crippen molar-refractivity contribution in [3.05, 3.63) is 33.3 Å². The van der Waals surface area contributed by atoms with Gasteiger partial charge in [-0.15, -0.1) is 0 Å². The summed E-state index contributed by atoms with van der Waals surface area (Å²) < 4.78 is 0.725. The molecule has 0 saturated heterocycles. The SMILES string of the molecule is CCC(C)CC(C)NC(=O)c1ccc(Cl)cc1Br. The standard InChI is InChI=1S/C14H19BrClNO/c1-4-9(2)7-10(3)17-14(18)12-6-5-11(16)8-13(12)15/h5-6,8-10H,4,7H2,1-3H3,(H,17,18). The number of hydrogen-bond acceptors (Lipinski definition) is 1. The predicted molar refractivity (Wildman–Crippen MR) is 80.2 cm³/mol. The second kappa shape index (κ2) is 7.15. The number of carbonyl (C=O) groups is 1. The Labute approximate surface area is 122 Å². The van der Waals surface area contributed by atoms with Gasteiger partial charge in [0, 0.05) is 15.5 Å². The minimum Gasteiger partial charge on any atom is -0.350 e. The molecule has 0 saturated carbocycles. The fourth-order valence-corrected chi connectivity index (χ4v) is 2.67. The van der Waals surface area contributed by atoms with Crippen LogP contribution >= 0.6 is 27.5 Å². The number of rotatable bonds is 5. The van der Waals surface area contributed by atoms with E-state index in [1.165, 1.54) is 0 Å². The zero-order chi connectivity index (χ0) is 13.7. The van der Waals surface area contributed by atoms with Crippen LogP contribution < -0.4 is 5.32 Å². The van der Waals surface area contributed by atoms with E-state index < -0.39 is 0 Å². The van der Waals surface area contributed by atoms with Crippen LogP contribution in [0.2, 0.25) is 5.02 Å². The van der Waals surface area contributed by atoms with E-state index in [0.29, 0.717) is 16.5 Å². The molecule has 0 aliphatic heterocycles. The first kappa shape index (κ1) is 15.5. The molecular formula is C14H19BrClNO. The highest BCUT2D eigenvalue weighted by molar-refractivity contribution is 9.10. The molecule has 0 radical (unpaired) electrons. The van der Waals surface area contributed by atoms with E-state index in [2.05, 4.69) is 35.1 Å². The summed E-state index contributed by atoms with van der Waals surface area (Å²) in [4.78, 5) is 12.1. The van der Waals surface area contributed by atoms with Crippen LogP contribution in [0.25, 0.3) is 0 Å². The van der Waals surface area contributed by atoms with Gasteiger partial charge in [-0.1, -0.05) is 31.9 Å². The Morgan fingerprint density at radius 1 is 1.44 bits per heavy atom. The van der Waals surface area contributed by atoms with Crippen LogP contribution in [0, 0.1) is 5.92 Å². The van der Waals surface area contributed by atoms with Crippen molar-refractivity contribution in [1.82, 2.24) is 5.32 Å². The van der Waals surface area contributed by atoms with Crippen molar-refractivity contribution in [2.75, 3.05) is 0 Å². The number of nitrogens with one attached hydrogen (secondary N) is 1. The molecule has 100 valence electrons. The normalized spacial score (nSPS) is 14.1. The molecule has 1 rings (SSSR count). The van der Waals surface area contributed by atoms with Gasteiger partial charge in [0.05, 0.1) is 5.56 Å². The first-order valence-electron chi connectivity index (χ1n) is 6.20. The van der Waals surface area contributed by atoms with E-state index >= 15 is 0 Å². The van der Waals surface area contributed by atoms with Crippen molar-refractivity contribution < 1.29 is 4.79 Å². The highest BCUT2D eigenvalue weighted by Crippen LogP contribution is 2.21. The summed E-state index contributed by atoms with van der Waals surface area (Å²) in [6.07, 6.45) is 2.12. The summed E-state index contributed by atoms with van der Waals surface area (Å²) in [5, 5.41) is 3.63. The topological polar surface area (TPSA) is 29.1 Å². The maximum atomic E-state index is 12.1. The van der Waals surface area contributed by atoms with E-state index in [0.717, 1.165) is 17.3 Å². The smallest absolute Gasteiger partial charge is 0.252 e. The quantitative estimate of drug-likeness (QED) is 0.835. The van der Waals surface area contributed by atoms with Crippen molar-refractivity contribution >= 4 is 33.4 Å². The molecule has 2 unspecified atom stereocenters. The Kier molecular flexibility index (Phi) is 6.16. The lowest BCUT2D eigenvalue weighted by Gasteiger charge is -2.18. The molecule has 0 spiro atoms. The van der Waals surface area contributed by atoms with Crippen LogP contribution in [0.5, 0.6) is 0 Å². The summed E-state index contributed by atoms with van der Waals surface area (Å²) in [5.41, 5.74) is 0.621. The van der Waals surface area contributed by atoms with Gasteiger partial charge >= 0.3 is 0 Å². The lowest BCUT2D eigenvalue weighted by Crippen LogP contribution is -2.33. The molecule has 18 heavy (non-hydrogen) atoms. The van der Waals surface area contributed by atoms with Crippen LogP contribution in [-0.2, 0) is 0 Å². The third-order valence-corrected chi connectivity index (χ3v) is 3.90. The van der Waals surface area contributed by atoms with Gasteiger partial charge in [-0.25, -0.2) is 0 Å². The molecule has 2 nitrogen and oxygen atoms in total. The largest absolute Gasteiger partial charge is 0.350 e. The summed E-state index contributed by atoms with van der Waals surface area (Å²) in [6, 6.07) is 5.36. The van der Waals surface area contributed by atoms with E-state index in [1.54, 1.807) is 18.2 Å². The first-order valence-corrected chi connectivity index (χ1v) is 7.37. The van der Waals surface area contributed by atoms with Crippen LogP contribution in [0.3, 0.4) is 0 Å². The zero-order valence-electron chi connectivity index (χ0n) is 11.0. The molecule has 2 atom stereocenters. The fraction of sp³-hybridized carbons (Fsp3) is 0.500. The van der Waals surface area contributed by atoms with Crippen molar-refractivity contribution in [3.63, 3.8) is 0 Å². The van der Waals surface area contributed by atoms with Crippen molar-refractivity contribution in [2.24, 2.45) is 5.92 Å². The van der Waals surface area contributed by atoms with Gasteiger partial charge in [0.25, 0.3) is 5.91 Å². The van der Waals surface area contributed by atoms with E-state index in [-0.39, 0.29) is 11.9 Å². The Morgan fingerprint density at radius 3 is 2.67 bits per heavy atom. The summed E-state index contributed by atoms with van der Waals surface area (Å²) in [5.74, 6) is 0.559. The van der Waals surface area contributed by atoms with Gasteiger partial charge < -0.3 is 5.32 Å². The Morgan fingerprint density at radius 2 is 2.11 bits per heavy atom. The Hall–Kier alpha value is -0.540. The molecular weight excluding hydrogens is 314 g/mol. The number of hydrogen-bond donors (Lipinski definition) is 1. The number of carbonyl (C=O) groups excluding carboxylic acids is 1. The Bertz CT molecular complexity index is 422. The van der Waals surface area contributed by atoms with Gasteiger partial charge in [0.2, 0.25) is 0 Å². The van der Waals surface area contributed by atoms with Crippen LogP contribution in [-0.4, -0.2) is 11.9 Å². The Balaban J connectivity index is 2.65. The van der Waals surface area contributed by atoms with Gasteiger partial charge in [-0.2, -0.15) is 0 Å². The highest BCUT2D eigenvalue weighted by Gasteiger charge is 2.14. The van der Waals surface area contributed by atoms with E-state index in [4.69, 9.17) is 11.6 Å². The third-order valence-electron chi connectivity index (χ3n) is 3.01. The lowest BCUT2D eigenvalue weighted by atomic mass is 10.0. The first-order chi connectivity index (χ1) is 8.43. The zero-order valence-corrected chi connectivity index (χ0v) is 13.3. The average molecular weight is 333 g/mol. The van der Waals surface area contributed by atoms with Crippen LogP contribution in [0.4, 0.5) is 0 Å². The summed E-state index contributed by atoms with van der Waals surface area (Å²) in [6.45, 7) is 6.39. The minimum atomic E-state index is -0.0608. The maximum absolute atomic E-state index is 12.1. The molecule has 0 aromatic heterocycles. The second-order valence-corrected chi connectivity index (χ2v) is 6.04. The molecule has 0 aliphatic carbocycles. The molecule has 1 aromatic rings. The molecule has 0 bridgehead atoms. The van der Waals surface area contributed by atoms with Gasteiger partial charge in [-0.3, -0.25) is 4.79 Å². The van der Waals surface area contributed by atoms with Crippen LogP contribution in [0.1, 0.15) is 44.0 Å². The van der Waals surface area contributed by atoms with Crippen molar-refractivity contribution in [3.8, 4) is 0 Å². The van der Waals surface area contributed by atoms with E-state index in [1.807, 2.05) is 6.92 Å². The fourth-order valence-electron chi connectivity index (χ4n) is 1.80. The molecule has 0 heterocycles. The monoisotopic (exact) mass is 331 g/mol. The molecule has 1 N–H and O–H groups in total. The van der Waals surface area contributed by atoms with Crippen molar-refractivity contribution in [2.45, 2.75) is 39.7 Å².